The van der Waals surface area contributed by atoms with Crippen LogP contribution in [0.15, 0.2) is 30.3 Å². The molecule has 4 aromatic rings. The van der Waals surface area contributed by atoms with Gasteiger partial charge in [0, 0.05) is 53.5 Å². The predicted octanol–water partition coefficient (Wildman–Crippen LogP) is 6.24. The summed E-state index contributed by atoms with van der Waals surface area (Å²) >= 11 is 0. The van der Waals surface area contributed by atoms with Crippen LogP contribution in [0.25, 0.3) is 32.8 Å². The fraction of sp³-hybridized carbons (Fsp3) is 0.444. The topological polar surface area (TPSA) is 73.8 Å². The molecule has 7 nitrogen and oxygen atoms in total. The van der Waals surface area contributed by atoms with Crippen LogP contribution in [-0.4, -0.2) is 71.4 Å². The lowest BCUT2D eigenvalue weighted by Gasteiger charge is -2.44. The summed E-state index contributed by atoms with van der Waals surface area (Å²) < 4.78 is 54.3. The van der Waals surface area contributed by atoms with Crippen LogP contribution in [0.3, 0.4) is 0 Å². The molecule has 4 atom stereocenters. The zero-order chi connectivity index (χ0) is 32.3. The number of halogens is 3. The van der Waals surface area contributed by atoms with Gasteiger partial charge in [0.05, 0.1) is 17.7 Å². The molecule has 3 saturated heterocycles. The van der Waals surface area contributed by atoms with Gasteiger partial charge in [0.1, 0.15) is 28.7 Å². The Labute approximate surface area is 266 Å². The minimum absolute atomic E-state index is 0.0167. The summed E-state index contributed by atoms with van der Waals surface area (Å²) in [6.45, 7) is 11.0. The van der Waals surface area contributed by atoms with Crippen molar-refractivity contribution in [3.8, 4) is 35.2 Å². The SMILES string of the molecule is C#Cc1c(F)ccc2cc(O)cc(-c3c(F)cc4c(N5C[C@H]6CC[C@@H](C5)N6)nc(OC[C@]5(C)CN(CC)CC[C@@H]5C)nc4c3F)c12. The van der Waals surface area contributed by atoms with E-state index >= 15 is 8.78 Å². The van der Waals surface area contributed by atoms with Crippen LogP contribution in [0, 0.1) is 41.1 Å². The highest BCUT2D eigenvalue weighted by molar-refractivity contribution is 6.04. The quantitative estimate of drug-likeness (QED) is 0.245. The Hall–Kier alpha value is -4.07. The van der Waals surface area contributed by atoms with Gasteiger partial charge in [0.25, 0.3) is 0 Å². The van der Waals surface area contributed by atoms with Crippen molar-refractivity contribution in [2.75, 3.05) is 44.2 Å². The summed E-state index contributed by atoms with van der Waals surface area (Å²) in [5.41, 5.74) is -0.965. The summed E-state index contributed by atoms with van der Waals surface area (Å²) in [7, 11) is 0. The summed E-state index contributed by atoms with van der Waals surface area (Å²) in [4.78, 5) is 13.8. The van der Waals surface area contributed by atoms with E-state index in [2.05, 4.69) is 46.8 Å². The van der Waals surface area contributed by atoms with Crippen molar-refractivity contribution in [2.24, 2.45) is 11.3 Å². The van der Waals surface area contributed by atoms with Crippen molar-refractivity contribution in [3.05, 3.63) is 53.3 Å². The number of anilines is 1. The number of hydrogen-bond acceptors (Lipinski definition) is 7. The second-order valence-corrected chi connectivity index (χ2v) is 13.5. The minimum Gasteiger partial charge on any atom is -0.508 e. The molecule has 0 unspecified atom stereocenters. The van der Waals surface area contributed by atoms with Crippen molar-refractivity contribution >= 4 is 27.5 Å². The van der Waals surface area contributed by atoms with Crippen molar-refractivity contribution in [1.29, 1.82) is 0 Å². The number of benzene rings is 3. The Morgan fingerprint density at radius 3 is 2.57 bits per heavy atom. The number of likely N-dealkylation sites (tertiary alicyclic amines) is 1. The number of rotatable bonds is 6. The lowest BCUT2D eigenvalue weighted by Crippen LogP contribution is -2.51. The largest absolute Gasteiger partial charge is 0.508 e. The van der Waals surface area contributed by atoms with Gasteiger partial charge in [-0.1, -0.05) is 32.8 Å². The number of phenols is 1. The lowest BCUT2D eigenvalue weighted by molar-refractivity contribution is 0.0107. The molecule has 10 heteroatoms. The van der Waals surface area contributed by atoms with Crippen LogP contribution in [0.5, 0.6) is 11.8 Å². The van der Waals surface area contributed by atoms with Crippen molar-refractivity contribution in [3.63, 3.8) is 0 Å². The Balaban J connectivity index is 1.40. The summed E-state index contributed by atoms with van der Waals surface area (Å²) in [6.07, 6.45) is 8.73. The van der Waals surface area contributed by atoms with Crippen molar-refractivity contribution in [1.82, 2.24) is 20.2 Å². The second-order valence-electron chi connectivity index (χ2n) is 13.5. The molecule has 0 spiro atoms. The van der Waals surface area contributed by atoms with E-state index in [1.807, 2.05) is 0 Å². The number of terminal acetylenes is 1. The van der Waals surface area contributed by atoms with Crippen LogP contribution < -0.4 is 15.0 Å². The first-order valence-corrected chi connectivity index (χ1v) is 16.1. The highest BCUT2D eigenvalue weighted by atomic mass is 19.1. The summed E-state index contributed by atoms with van der Waals surface area (Å²) in [6, 6.07) is 6.92. The number of aromatic hydroxyl groups is 1. The normalized spacial score (nSPS) is 24.9. The van der Waals surface area contributed by atoms with E-state index in [4.69, 9.17) is 16.1 Å². The van der Waals surface area contributed by atoms with Crippen LogP contribution >= 0.6 is 0 Å². The van der Waals surface area contributed by atoms with E-state index in [1.165, 1.54) is 30.3 Å². The number of piperidine rings is 1. The first kappa shape index (κ1) is 30.6. The van der Waals surface area contributed by atoms with Crippen LogP contribution in [0.1, 0.15) is 45.6 Å². The first-order valence-electron chi connectivity index (χ1n) is 16.1. The van der Waals surface area contributed by atoms with Gasteiger partial charge in [-0.05, 0) is 67.9 Å². The number of ether oxygens (including phenoxy) is 1. The third-order valence-corrected chi connectivity index (χ3v) is 10.5. The van der Waals surface area contributed by atoms with Crippen LogP contribution in [0.4, 0.5) is 19.0 Å². The molecule has 2 bridgehead atoms. The maximum Gasteiger partial charge on any atom is 0.319 e. The van der Waals surface area contributed by atoms with E-state index in [0.717, 1.165) is 38.9 Å². The third kappa shape index (κ3) is 5.19. The number of phenolic OH excluding ortho intramolecular Hbond substituents is 1. The molecular formula is C36H38F3N5O2. The Bertz CT molecular complexity index is 1880. The fourth-order valence-electron chi connectivity index (χ4n) is 7.60. The number of hydrogen-bond donors (Lipinski definition) is 2. The molecule has 3 aromatic carbocycles. The molecular weight excluding hydrogens is 591 g/mol. The molecule has 240 valence electrons. The molecule has 0 radical (unpaired) electrons. The minimum atomic E-state index is -0.963. The highest BCUT2D eigenvalue weighted by Gasteiger charge is 2.38. The number of aromatic nitrogens is 2. The Kier molecular flexibility index (Phi) is 7.73. The molecule has 0 aliphatic carbocycles. The monoisotopic (exact) mass is 629 g/mol. The highest BCUT2D eigenvalue weighted by Crippen LogP contribution is 2.42. The van der Waals surface area contributed by atoms with Gasteiger partial charge in [0.2, 0.25) is 0 Å². The van der Waals surface area contributed by atoms with Crippen molar-refractivity contribution < 1.29 is 23.0 Å². The van der Waals surface area contributed by atoms with E-state index in [9.17, 15) is 9.50 Å². The summed E-state index contributed by atoms with van der Waals surface area (Å²) in [5.74, 6) is 0.315. The predicted molar refractivity (Wildman–Crippen MR) is 174 cm³/mol. The fourth-order valence-corrected chi connectivity index (χ4v) is 7.60. The van der Waals surface area contributed by atoms with E-state index in [1.54, 1.807) is 0 Å². The van der Waals surface area contributed by atoms with Gasteiger partial charge < -0.3 is 25.0 Å². The third-order valence-electron chi connectivity index (χ3n) is 10.5. The molecule has 2 N–H and O–H groups in total. The molecule has 7 rings (SSSR count). The lowest BCUT2D eigenvalue weighted by atomic mass is 9.74. The van der Waals surface area contributed by atoms with Gasteiger partial charge >= 0.3 is 6.01 Å². The zero-order valence-electron chi connectivity index (χ0n) is 26.3. The molecule has 0 saturated carbocycles. The van der Waals surface area contributed by atoms with Crippen molar-refractivity contribution in [2.45, 2.75) is 52.1 Å². The number of fused-ring (bicyclic) bond motifs is 4. The molecule has 1 aromatic heterocycles. The first-order chi connectivity index (χ1) is 22.1. The van der Waals surface area contributed by atoms with Gasteiger partial charge in [-0.25, -0.2) is 13.2 Å². The Morgan fingerprint density at radius 1 is 1.09 bits per heavy atom. The zero-order valence-corrected chi connectivity index (χ0v) is 26.3. The number of piperazine rings is 1. The standard InChI is InChI=1S/C36H38F3N5O2/c1-5-25-28(37)10-7-21-13-24(45)14-26(30(21)25)31-29(38)15-27-33(32(31)39)41-35(42-34(27)44-16-22-8-9-23(17-44)40-22)46-19-36(4)18-43(6-2)12-11-20(36)3/h1,7,10,13-15,20,22-23,40,45H,6,8-9,11-12,16-19H2,2-4H3/t20-,22-,23+,36-/m0/s1. The van der Waals surface area contributed by atoms with Crippen LogP contribution in [0.2, 0.25) is 0 Å². The number of nitrogens with one attached hydrogen (secondary N) is 1. The maximum atomic E-state index is 16.9. The molecule has 3 aliphatic heterocycles. The molecule has 0 amide bonds. The molecule has 3 fully saturated rings. The maximum absolute atomic E-state index is 16.9. The smallest absolute Gasteiger partial charge is 0.319 e. The van der Waals surface area contributed by atoms with Gasteiger partial charge in [-0.15, -0.1) is 6.42 Å². The number of nitrogens with zero attached hydrogens (tertiary/aromatic N) is 4. The summed E-state index contributed by atoms with van der Waals surface area (Å²) in [5, 5.41) is 14.8. The average Bonchev–Trinajstić information content (AvgIpc) is 3.38. The van der Waals surface area contributed by atoms with E-state index in [-0.39, 0.29) is 56.7 Å². The average molecular weight is 630 g/mol. The van der Waals surface area contributed by atoms with E-state index < -0.39 is 23.0 Å². The second kappa shape index (κ2) is 11.6. The van der Waals surface area contributed by atoms with E-state index in [0.29, 0.717) is 36.8 Å². The van der Waals surface area contributed by atoms with Crippen LogP contribution in [-0.2, 0) is 0 Å². The van der Waals surface area contributed by atoms with Gasteiger partial charge in [0.15, 0.2) is 5.82 Å². The Morgan fingerprint density at radius 2 is 1.85 bits per heavy atom. The molecule has 4 heterocycles. The van der Waals surface area contributed by atoms with Gasteiger partial charge in [-0.2, -0.15) is 9.97 Å². The van der Waals surface area contributed by atoms with Gasteiger partial charge in [-0.3, -0.25) is 0 Å². The molecule has 3 aliphatic rings. The molecule has 46 heavy (non-hydrogen) atoms.